The van der Waals surface area contributed by atoms with Crippen molar-refractivity contribution in [3.8, 4) is 11.3 Å². The maximum Gasteiger partial charge on any atom is 0.227 e. The van der Waals surface area contributed by atoms with Crippen LogP contribution in [0.2, 0.25) is 0 Å². The van der Waals surface area contributed by atoms with Crippen molar-refractivity contribution in [3.63, 3.8) is 0 Å². The highest BCUT2D eigenvalue weighted by atomic mass is 35.5. The molecule has 1 aliphatic heterocycles. The van der Waals surface area contributed by atoms with E-state index in [-0.39, 0.29) is 42.2 Å². The standard InChI is InChI=1S/C27H23F3N4O.ClH/c1-17-16-33(12-13-34(17)25(35)14-19-8-11-21(29)15-24(19)30)27-23-5-3-2-4-22(23)26(31-32-27)18-6-9-20(28)10-7-18;/h2-11,15,17H,12-14,16H2,1H3;1H/t17-;/m0./s1. The summed E-state index contributed by atoms with van der Waals surface area (Å²) in [7, 11) is 0. The van der Waals surface area contributed by atoms with E-state index in [1.54, 1.807) is 17.0 Å². The predicted octanol–water partition coefficient (Wildman–Crippen LogP) is 5.42. The first-order valence-corrected chi connectivity index (χ1v) is 11.4. The Kier molecular flexibility index (Phi) is 7.45. The molecule has 5 rings (SSSR count). The summed E-state index contributed by atoms with van der Waals surface area (Å²) in [6.07, 6.45) is -0.119. The summed E-state index contributed by atoms with van der Waals surface area (Å²) in [6, 6.07) is 17.1. The molecule has 0 N–H and O–H groups in total. The molecule has 3 aromatic carbocycles. The van der Waals surface area contributed by atoms with Gasteiger partial charge in [0.1, 0.15) is 23.1 Å². The minimum Gasteiger partial charge on any atom is -0.351 e. The molecule has 2 heterocycles. The molecule has 0 spiro atoms. The zero-order valence-electron chi connectivity index (χ0n) is 19.5. The number of halogens is 4. The second-order valence-electron chi connectivity index (χ2n) is 8.72. The lowest BCUT2D eigenvalue weighted by molar-refractivity contribution is -0.132. The molecule has 9 heteroatoms. The number of carbonyl (C=O) groups excluding carboxylic acids is 1. The van der Waals surface area contributed by atoms with Gasteiger partial charge >= 0.3 is 0 Å². The van der Waals surface area contributed by atoms with Crippen molar-refractivity contribution in [1.29, 1.82) is 0 Å². The highest BCUT2D eigenvalue weighted by Crippen LogP contribution is 2.32. The van der Waals surface area contributed by atoms with E-state index in [2.05, 4.69) is 15.1 Å². The summed E-state index contributed by atoms with van der Waals surface area (Å²) in [5.41, 5.74) is 1.63. The Morgan fingerprint density at radius 2 is 1.61 bits per heavy atom. The first kappa shape index (κ1) is 25.4. The van der Waals surface area contributed by atoms with Crippen LogP contribution in [0.4, 0.5) is 19.0 Å². The number of rotatable bonds is 4. The van der Waals surface area contributed by atoms with E-state index < -0.39 is 11.6 Å². The number of amides is 1. The highest BCUT2D eigenvalue weighted by Gasteiger charge is 2.29. The monoisotopic (exact) mass is 512 g/mol. The topological polar surface area (TPSA) is 49.3 Å². The van der Waals surface area contributed by atoms with Gasteiger partial charge in [-0.15, -0.1) is 22.6 Å². The van der Waals surface area contributed by atoms with Crippen molar-refractivity contribution in [2.45, 2.75) is 19.4 Å². The molecule has 1 fully saturated rings. The molecule has 186 valence electrons. The molecule has 5 nitrogen and oxygen atoms in total. The number of piperazine rings is 1. The van der Waals surface area contributed by atoms with Crippen LogP contribution in [0.5, 0.6) is 0 Å². The fourth-order valence-corrected chi connectivity index (χ4v) is 4.59. The Bertz CT molecular complexity index is 1400. The molecule has 1 saturated heterocycles. The van der Waals surface area contributed by atoms with E-state index in [1.165, 1.54) is 18.2 Å². The first-order valence-electron chi connectivity index (χ1n) is 11.4. The molecule has 0 radical (unpaired) electrons. The van der Waals surface area contributed by atoms with Crippen LogP contribution in [0, 0.1) is 17.5 Å². The Morgan fingerprint density at radius 1 is 0.917 bits per heavy atom. The normalized spacial score (nSPS) is 15.6. The molecule has 1 atom stereocenters. The van der Waals surface area contributed by atoms with Gasteiger partial charge in [-0.05, 0) is 42.8 Å². The van der Waals surface area contributed by atoms with E-state index in [9.17, 15) is 18.0 Å². The molecule has 1 aromatic heterocycles. The summed E-state index contributed by atoms with van der Waals surface area (Å²) in [5.74, 6) is -1.18. The Hall–Kier alpha value is -3.65. The molecule has 1 aliphatic rings. The maximum absolute atomic E-state index is 14.0. The minimum atomic E-state index is -0.715. The van der Waals surface area contributed by atoms with Crippen LogP contribution in [0.15, 0.2) is 66.7 Å². The third kappa shape index (κ3) is 4.99. The summed E-state index contributed by atoms with van der Waals surface area (Å²) < 4.78 is 40.6. The van der Waals surface area contributed by atoms with Crippen LogP contribution in [0.25, 0.3) is 22.0 Å². The SMILES string of the molecule is C[C@H]1CN(c2nnc(-c3ccc(F)cc3)c3ccccc23)CCN1C(=O)Cc1ccc(F)cc1F.Cl. The summed E-state index contributed by atoms with van der Waals surface area (Å²) in [6.45, 7) is 3.45. The summed E-state index contributed by atoms with van der Waals surface area (Å²) in [4.78, 5) is 16.7. The number of fused-ring (bicyclic) bond motifs is 1. The maximum atomic E-state index is 14.0. The molecule has 1 amide bonds. The fraction of sp³-hybridized carbons (Fsp3) is 0.222. The molecule has 0 bridgehead atoms. The lowest BCUT2D eigenvalue weighted by Gasteiger charge is -2.40. The van der Waals surface area contributed by atoms with Crippen molar-refractivity contribution in [1.82, 2.24) is 15.1 Å². The van der Waals surface area contributed by atoms with Gasteiger partial charge in [-0.1, -0.05) is 30.3 Å². The largest absolute Gasteiger partial charge is 0.351 e. The molecular formula is C27H24ClF3N4O. The second kappa shape index (κ2) is 10.5. The number of benzene rings is 3. The van der Waals surface area contributed by atoms with Crippen LogP contribution in [0.3, 0.4) is 0 Å². The summed E-state index contributed by atoms with van der Waals surface area (Å²) >= 11 is 0. The van der Waals surface area contributed by atoms with Gasteiger partial charge in [-0.3, -0.25) is 4.79 Å². The third-order valence-electron chi connectivity index (χ3n) is 6.39. The Labute approximate surface area is 213 Å². The van der Waals surface area contributed by atoms with Crippen LogP contribution in [-0.4, -0.2) is 46.7 Å². The van der Waals surface area contributed by atoms with E-state index in [0.717, 1.165) is 34.3 Å². The summed E-state index contributed by atoms with van der Waals surface area (Å²) in [5, 5.41) is 10.8. The van der Waals surface area contributed by atoms with Gasteiger partial charge < -0.3 is 9.80 Å². The van der Waals surface area contributed by atoms with E-state index >= 15 is 0 Å². The van der Waals surface area contributed by atoms with E-state index in [4.69, 9.17) is 0 Å². The van der Waals surface area contributed by atoms with Crippen molar-refractivity contribution in [3.05, 3.63) is 89.7 Å². The van der Waals surface area contributed by atoms with Gasteiger partial charge in [0.25, 0.3) is 0 Å². The second-order valence-corrected chi connectivity index (χ2v) is 8.72. The van der Waals surface area contributed by atoms with Gasteiger partial charge in [0, 0.05) is 48.1 Å². The molecule has 0 saturated carbocycles. The number of hydrogen-bond donors (Lipinski definition) is 0. The first-order chi connectivity index (χ1) is 16.9. The highest BCUT2D eigenvalue weighted by molar-refractivity contribution is 6.00. The van der Waals surface area contributed by atoms with Crippen molar-refractivity contribution >= 4 is 34.9 Å². The zero-order chi connectivity index (χ0) is 24.5. The quantitative estimate of drug-likeness (QED) is 0.366. The van der Waals surface area contributed by atoms with Crippen LogP contribution in [-0.2, 0) is 11.2 Å². The van der Waals surface area contributed by atoms with Crippen LogP contribution in [0.1, 0.15) is 12.5 Å². The van der Waals surface area contributed by atoms with E-state index in [1.807, 2.05) is 31.2 Å². The molecule has 0 unspecified atom stereocenters. The van der Waals surface area contributed by atoms with E-state index in [0.29, 0.717) is 25.3 Å². The molecule has 0 aliphatic carbocycles. The van der Waals surface area contributed by atoms with Crippen LogP contribution >= 0.6 is 12.4 Å². The Balaban J connectivity index is 0.00000304. The third-order valence-corrected chi connectivity index (χ3v) is 6.39. The van der Waals surface area contributed by atoms with Crippen LogP contribution < -0.4 is 4.90 Å². The number of nitrogens with zero attached hydrogens (tertiary/aromatic N) is 4. The molecule has 4 aromatic rings. The predicted molar refractivity (Wildman–Crippen MR) is 136 cm³/mol. The van der Waals surface area contributed by atoms with Gasteiger partial charge in [-0.25, -0.2) is 13.2 Å². The van der Waals surface area contributed by atoms with Gasteiger partial charge in [0.2, 0.25) is 5.91 Å². The van der Waals surface area contributed by atoms with Gasteiger partial charge in [0.05, 0.1) is 6.42 Å². The molecule has 36 heavy (non-hydrogen) atoms. The van der Waals surface area contributed by atoms with Gasteiger partial charge in [-0.2, -0.15) is 0 Å². The number of hydrogen-bond acceptors (Lipinski definition) is 4. The average Bonchev–Trinajstić information content (AvgIpc) is 2.85. The van der Waals surface area contributed by atoms with Crippen molar-refractivity contribution in [2.75, 3.05) is 24.5 Å². The lowest BCUT2D eigenvalue weighted by atomic mass is 10.0. The Morgan fingerprint density at radius 3 is 2.31 bits per heavy atom. The van der Waals surface area contributed by atoms with Crippen molar-refractivity contribution < 1.29 is 18.0 Å². The molecular weight excluding hydrogens is 489 g/mol. The zero-order valence-corrected chi connectivity index (χ0v) is 20.3. The minimum absolute atomic E-state index is 0. The van der Waals surface area contributed by atoms with Gasteiger partial charge in [0.15, 0.2) is 5.82 Å². The number of carbonyl (C=O) groups is 1. The lowest BCUT2D eigenvalue weighted by Crippen LogP contribution is -2.54. The number of aromatic nitrogens is 2. The average molecular weight is 513 g/mol. The fourth-order valence-electron chi connectivity index (χ4n) is 4.59. The van der Waals surface area contributed by atoms with Crippen molar-refractivity contribution in [2.24, 2.45) is 0 Å². The smallest absolute Gasteiger partial charge is 0.227 e. The number of anilines is 1.